The van der Waals surface area contributed by atoms with Gasteiger partial charge in [-0.25, -0.2) is 0 Å². The highest BCUT2D eigenvalue weighted by Crippen LogP contribution is 2.28. The molecule has 2 rings (SSSR count). The first kappa shape index (κ1) is 13.0. The van der Waals surface area contributed by atoms with Gasteiger partial charge in [-0.1, -0.05) is 18.2 Å². The summed E-state index contributed by atoms with van der Waals surface area (Å²) in [6, 6.07) is 8.87. The van der Waals surface area contributed by atoms with E-state index < -0.39 is 0 Å². The number of aryl methyl sites for hydroxylation is 2. The molecule has 0 atom stereocenters. The zero-order valence-electron chi connectivity index (χ0n) is 10.9. The van der Waals surface area contributed by atoms with Crippen molar-refractivity contribution in [2.45, 2.75) is 20.4 Å². The molecule has 5 heteroatoms. The molecule has 0 radical (unpaired) electrons. The Morgan fingerprint density at radius 2 is 1.95 bits per heavy atom. The van der Waals surface area contributed by atoms with Crippen LogP contribution in [0, 0.1) is 24.0 Å². The number of anilines is 1. The number of nitro benzene ring substituents is 1. The minimum Gasteiger partial charge on any atom is -0.374 e. The van der Waals surface area contributed by atoms with Gasteiger partial charge in [0, 0.05) is 12.3 Å². The summed E-state index contributed by atoms with van der Waals surface area (Å²) in [6.45, 7) is 4.29. The number of nitro groups is 1. The first-order valence-electron chi connectivity index (χ1n) is 5.98. The van der Waals surface area contributed by atoms with Gasteiger partial charge in [0.25, 0.3) is 5.69 Å². The second-order valence-corrected chi connectivity index (χ2v) is 4.35. The van der Waals surface area contributed by atoms with Crippen LogP contribution in [0.5, 0.6) is 0 Å². The maximum Gasteiger partial charge on any atom is 0.292 e. The predicted octanol–water partition coefficient (Wildman–Crippen LogP) is 3.22. The molecular formula is C14H15N3O2. The fourth-order valence-electron chi connectivity index (χ4n) is 1.91. The van der Waals surface area contributed by atoms with E-state index in [4.69, 9.17) is 0 Å². The third-order valence-electron chi connectivity index (χ3n) is 3.00. The van der Waals surface area contributed by atoms with Crippen molar-refractivity contribution in [3.05, 3.63) is 63.5 Å². The van der Waals surface area contributed by atoms with Crippen molar-refractivity contribution >= 4 is 11.4 Å². The van der Waals surface area contributed by atoms with Gasteiger partial charge in [0.15, 0.2) is 0 Å². The zero-order chi connectivity index (χ0) is 13.8. The molecule has 1 heterocycles. The molecule has 0 bridgehead atoms. The Labute approximate surface area is 111 Å². The van der Waals surface area contributed by atoms with Gasteiger partial charge in [-0.3, -0.25) is 15.1 Å². The first-order chi connectivity index (χ1) is 9.09. The van der Waals surface area contributed by atoms with Crippen LogP contribution in [-0.2, 0) is 6.54 Å². The fraction of sp³-hybridized carbons (Fsp3) is 0.214. The van der Waals surface area contributed by atoms with E-state index in [1.807, 2.05) is 32.0 Å². The van der Waals surface area contributed by atoms with Crippen molar-refractivity contribution in [1.82, 2.24) is 4.98 Å². The maximum absolute atomic E-state index is 11.0. The van der Waals surface area contributed by atoms with E-state index in [0.717, 1.165) is 16.8 Å². The summed E-state index contributed by atoms with van der Waals surface area (Å²) < 4.78 is 0. The van der Waals surface area contributed by atoms with Crippen LogP contribution >= 0.6 is 0 Å². The number of rotatable bonds is 4. The lowest BCUT2D eigenvalue weighted by Crippen LogP contribution is -2.06. The average Bonchev–Trinajstić information content (AvgIpc) is 2.38. The number of hydrogen-bond acceptors (Lipinski definition) is 4. The number of aromatic nitrogens is 1. The van der Waals surface area contributed by atoms with Crippen LogP contribution in [0.3, 0.4) is 0 Å². The van der Waals surface area contributed by atoms with E-state index in [9.17, 15) is 10.1 Å². The summed E-state index contributed by atoms with van der Waals surface area (Å²) in [6.07, 6.45) is 1.72. The van der Waals surface area contributed by atoms with Crippen molar-refractivity contribution in [3.63, 3.8) is 0 Å². The molecule has 1 N–H and O–H groups in total. The largest absolute Gasteiger partial charge is 0.374 e. The van der Waals surface area contributed by atoms with Crippen LogP contribution in [0.15, 0.2) is 36.5 Å². The normalized spacial score (nSPS) is 10.2. The Kier molecular flexibility index (Phi) is 3.75. The van der Waals surface area contributed by atoms with E-state index in [1.165, 1.54) is 6.07 Å². The lowest BCUT2D eigenvalue weighted by Gasteiger charge is -2.10. The Balaban J connectivity index is 2.25. The molecule has 5 nitrogen and oxygen atoms in total. The van der Waals surface area contributed by atoms with E-state index in [-0.39, 0.29) is 10.6 Å². The van der Waals surface area contributed by atoms with Crippen LogP contribution in [0.4, 0.5) is 11.4 Å². The van der Waals surface area contributed by atoms with Crippen molar-refractivity contribution in [3.8, 4) is 0 Å². The molecule has 0 aliphatic heterocycles. The molecule has 0 amide bonds. The van der Waals surface area contributed by atoms with Crippen LogP contribution < -0.4 is 5.32 Å². The first-order valence-corrected chi connectivity index (χ1v) is 5.98. The van der Waals surface area contributed by atoms with Crippen LogP contribution in [0.2, 0.25) is 0 Å². The number of benzene rings is 1. The van der Waals surface area contributed by atoms with Gasteiger partial charge in [-0.2, -0.15) is 0 Å². The SMILES string of the molecule is Cc1cccnc1CNc1c(C)cccc1[N+](=O)[O-]. The van der Waals surface area contributed by atoms with Gasteiger partial charge >= 0.3 is 0 Å². The van der Waals surface area contributed by atoms with Crippen molar-refractivity contribution in [1.29, 1.82) is 0 Å². The molecule has 1 aromatic carbocycles. The molecule has 1 aromatic heterocycles. The number of nitrogens with one attached hydrogen (secondary N) is 1. The van der Waals surface area contributed by atoms with E-state index >= 15 is 0 Å². The van der Waals surface area contributed by atoms with Gasteiger partial charge in [0.05, 0.1) is 17.2 Å². The summed E-state index contributed by atoms with van der Waals surface area (Å²) >= 11 is 0. The third kappa shape index (κ3) is 2.88. The molecule has 0 fully saturated rings. The molecule has 19 heavy (non-hydrogen) atoms. The van der Waals surface area contributed by atoms with Crippen molar-refractivity contribution in [2.24, 2.45) is 0 Å². The Hall–Kier alpha value is -2.43. The minimum atomic E-state index is -0.374. The number of nitrogens with zero attached hydrogens (tertiary/aromatic N) is 2. The van der Waals surface area contributed by atoms with Gasteiger partial charge in [0.2, 0.25) is 0 Å². The minimum absolute atomic E-state index is 0.0913. The summed E-state index contributed by atoms with van der Waals surface area (Å²) in [5, 5.41) is 14.1. The zero-order valence-corrected chi connectivity index (χ0v) is 10.9. The Bertz CT molecular complexity index is 611. The molecule has 0 unspecified atom stereocenters. The average molecular weight is 257 g/mol. The quantitative estimate of drug-likeness (QED) is 0.674. The van der Waals surface area contributed by atoms with Gasteiger partial charge in [-0.15, -0.1) is 0 Å². The van der Waals surface area contributed by atoms with E-state index in [2.05, 4.69) is 10.3 Å². The van der Waals surface area contributed by atoms with Crippen LogP contribution in [0.1, 0.15) is 16.8 Å². The summed E-state index contributed by atoms with van der Waals surface area (Å²) in [4.78, 5) is 14.9. The summed E-state index contributed by atoms with van der Waals surface area (Å²) in [5.41, 5.74) is 3.44. The molecule has 0 aliphatic rings. The van der Waals surface area contributed by atoms with Gasteiger partial charge < -0.3 is 5.32 Å². The summed E-state index contributed by atoms with van der Waals surface area (Å²) in [7, 11) is 0. The molecule has 98 valence electrons. The molecule has 0 aliphatic carbocycles. The molecular weight excluding hydrogens is 242 g/mol. The van der Waals surface area contributed by atoms with E-state index in [0.29, 0.717) is 12.2 Å². The monoisotopic (exact) mass is 257 g/mol. The number of hydrogen-bond donors (Lipinski definition) is 1. The number of para-hydroxylation sites is 1. The second-order valence-electron chi connectivity index (χ2n) is 4.35. The lowest BCUT2D eigenvalue weighted by atomic mass is 10.1. The highest BCUT2D eigenvalue weighted by atomic mass is 16.6. The Morgan fingerprint density at radius 3 is 2.63 bits per heavy atom. The predicted molar refractivity (Wildman–Crippen MR) is 74.1 cm³/mol. The van der Waals surface area contributed by atoms with E-state index in [1.54, 1.807) is 12.3 Å². The maximum atomic E-state index is 11.0. The topological polar surface area (TPSA) is 68.1 Å². The molecule has 0 saturated heterocycles. The standard InChI is InChI=1S/C14H15N3O2/c1-10-6-4-8-15-12(10)9-16-14-11(2)5-3-7-13(14)17(18)19/h3-8,16H,9H2,1-2H3. The van der Waals surface area contributed by atoms with Crippen LogP contribution in [-0.4, -0.2) is 9.91 Å². The third-order valence-corrected chi connectivity index (χ3v) is 3.00. The fourth-order valence-corrected chi connectivity index (χ4v) is 1.91. The number of pyridine rings is 1. The van der Waals surface area contributed by atoms with Crippen molar-refractivity contribution < 1.29 is 4.92 Å². The van der Waals surface area contributed by atoms with Crippen LogP contribution in [0.25, 0.3) is 0 Å². The van der Waals surface area contributed by atoms with Gasteiger partial charge in [-0.05, 0) is 31.0 Å². The molecule has 0 saturated carbocycles. The summed E-state index contributed by atoms with van der Waals surface area (Å²) in [5.74, 6) is 0. The molecule has 2 aromatic rings. The van der Waals surface area contributed by atoms with Gasteiger partial charge in [0.1, 0.15) is 5.69 Å². The molecule has 0 spiro atoms. The lowest BCUT2D eigenvalue weighted by molar-refractivity contribution is -0.384. The smallest absolute Gasteiger partial charge is 0.292 e. The van der Waals surface area contributed by atoms with Crippen molar-refractivity contribution in [2.75, 3.05) is 5.32 Å². The highest BCUT2D eigenvalue weighted by Gasteiger charge is 2.15. The second kappa shape index (κ2) is 5.48. The Morgan fingerprint density at radius 1 is 1.21 bits per heavy atom. The highest BCUT2D eigenvalue weighted by molar-refractivity contribution is 5.66.